The number of nitrogens with two attached hydrogens (primary N) is 1. The molecule has 39 heteroatoms. The number of rotatable bonds is 21. The van der Waals surface area contributed by atoms with Crippen LogP contribution in [-0.2, 0) is 127 Å². The number of hydrogen-bond donors (Lipinski definition) is 8. The first-order valence-corrected chi connectivity index (χ1v) is 37.3. The summed E-state index contributed by atoms with van der Waals surface area (Å²) in [7, 11) is -1.00. The maximum atomic E-state index is 12.8. The zero-order chi connectivity index (χ0) is 85.6. The Morgan fingerprint density at radius 1 is 0.470 bits per heavy atom. The molecule has 0 saturated carbocycles. The van der Waals surface area contributed by atoms with E-state index in [1.165, 1.54) is 26.5 Å². The number of hydroxylamine groups is 2. The number of ether oxygens (including phenoxy) is 2. The number of esters is 2. The van der Waals surface area contributed by atoms with Gasteiger partial charge in [-0.2, -0.15) is 0 Å². The first-order valence-electron chi connectivity index (χ1n) is 38.0. The minimum absolute atomic E-state index is 0.000604. The lowest BCUT2D eigenvalue weighted by Gasteiger charge is -2.29. The third kappa shape index (κ3) is 22.2. The van der Waals surface area contributed by atoms with Gasteiger partial charge in [0.05, 0.1) is 15.1 Å². The van der Waals surface area contributed by atoms with Crippen LogP contribution >= 0.6 is 0 Å². The Labute approximate surface area is 667 Å². The number of nitrogens with zero attached hydrogens (tertiary/aromatic N) is 5. The number of anilines is 4. The fourth-order valence-electron chi connectivity index (χ4n) is 14.0. The molecule has 10 heterocycles. The number of Topliss-reactive ketones (excluding diaryl/α,β-unsaturated/α-hetero) is 1. The van der Waals surface area contributed by atoms with Crippen LogP contribution in [0.2, 0.25) is 0 Å². The molecule has 4 unspecified atom stereocenters. The largest absolute Gasteiger partial charge is 0.468 e. The lowest BCUT2D eigenvalue weighted by molar-refractivity contribution is -0.197. The summed E-state index contributed by atoms with van der Waals surface area (Å²) in [5.74, 6) is -7.91. The molecule has 0 spiro atoms. The summed E-state index contributed by atoms with van der Waals surface area (Å²) in [4.78, 5) is 267. The molecule has 38 nitrogen and oxygen atoms in total. The summed E-state index contributed by atoms with van der Waals surface area (Å²) >= 11 is 0. The number of ketones is 1. The van der Waals surface area contributed by atoms with Crippen LogP contribution in [0.5, 0.6) is 0 Å². The second kappa shape index (κ2) is 40.4. The molecule has 6 saturated heterocycles. The van der Waals surface area contributed by atoms with Crippen LogP contribution in [0.25, 0.3) is 0 Å². The Hall–Kier alpha value is -13.7. The third-order valence-electron chi connectivity index (χ3n) is 19.8. The molecule has 4 aromatic rings. The molecule has 9 N–H and O–H groups in total. The van der Waals surface area contributed by atoms with Gasteiger partial charge in [-0.15, -0.1) is 5.06 Å². The molecule has 10 aliphatic rings. The lowest BCUT2D eigenvalue weighted by atomic mass is 10.0. The number of fused-ring (bicyclic) bond motifs is 4. The number of halogens is 1. The highest BCUT2D eigenvalue weighted by atomic mass is 19.1. The van der Waals surface area contributed by atoms with Gasteiger partial charge in [-0.25, -0.2) is 4.79 Å². The van der Waals surface area contributed by atoms with Crippen LogP contribution in [-0.4, -0.2) is 193 Å². The summed E-state index contributed by atoms with van der Waals surface area (Å²) < 4.78 is 24.3. The molecule has 117 heavy (non-hydrogen) atoms. The molecular weight excluding hydrogens is 1540 g/mol. The van der Waals surface area contributed by atoms with Crippen molar-refractivity contribution in [3.63, 3.8) is 0 Å². The SMILES string of the molecule is CC(=O)CCCC(=O)Nc1cccc2c1CN(C1CCC(=O)NC1=O)C2=O.Nc1cccc2c1CN(C1CCC(=O)NC1=O)C2=O.O=C1CCC(N2Cc3c(NC(=O)CCCC(=O)ON4C(=O)CCC4=O)cccc3C2=O)C(=O)N1.O=C1CCCC(=O)O1.O=COCCCC(=O)Nc1cccc2c1CN(C1CCC(=O)NC1=O)C2=O.[2H]CF. The van der Waals surface area contributed by atoms with Crippen LogP contribution in [0.1, 0.15) is 207 Å². The highest BCUT2D eigenvalue weighted by molar-refractivity contribution is 6.11. The highest BCUT2D eigenvalue weighted by Crippen LogP contribution is 2.37. The van der Waals surface area contributed by atoms with Crippen LogP contribution in [0.4, 0.5) is 27.1 Å². The molecule has 0 aliphatic carbocycles. The Bertz CT molecular complexity index is 4750. The van der Waals surface area contributed by atoms with Gasteiger partial charge in [-0.05, 0) is 107 Å². The molecule has 10 aliphatic heterocycles. The van der Waals surface area contributed by atoms with Crippen molar-refractivity contribution in [3.8, 4) is 0 Å². The van der Waals surface area contributed by atoms with Crippen LogP contribution in [0.15, 0.2) is 72.8 Å². The average molecular weight is 1620 g/mol. The number of cyclic esters (lactones) is 2. The average Bonchev–Trinajstić information content (AvgIpc) is 1.65. The van der Waals surface area contributed by atoms with Crippen LogP contribution in [0, 0.1) is 0 Å². The fraction of sp³-hybridized carbons (Fsp3) is 0.410. The summed E-state index contributed by atoms with van der Waals surface area (Å²) in [5, 5.41) is 17.8. The second-order valence-corrected chi connectivity index (χ2v) is 27.8. The van der Waals surface area contributed by atoms with Gasteiger partial charge in [0.15, 0.2) is 0 Å². The number of nitrogen functional groups attached to an aromatic ring is 1. The molecule has 0 bridgehead atoms. The Balaban J connectivity index is 0.000000174. The maximum absolute atomic E-state index is 12.8. The van der Waals surface area contributed by atoms with Gasteiger partial charge in [0.2, 0.25) is 65.0 Å². The number of alkyl halides is 1. The van der Waals surface area contributed by atoms with Gasteiger partial charge in [0, 0.05) is 177 Å². The first-order chi connectivity index (χ1) is 56.4. The standard InChI is InChI=1S/C22H22N4O8.C19H21N3O5.C18H19N3O6.C13H13N3O3.C5H6O3.CH3F/c27-16(5-2-6-20(31)34-26-18(29)9-10-19(26)30)23-14-4-1-3-12-13(14)11-25(22(12)33)15-7-8-17(28)24-21(15)32;1-11(23)4-2-7-16(24)20-14-6-3-5-12-13(14)10-22(19(12)27)15-8-9-17(25)21-18(15)26;22-10-27-8-2-5-15(23)19-13-4-1-3-11-12(13)9-21(18(11)26)14-6-7-16(24)20-17(14)25;14-9-3-1-2-7-8(9)6-16(13(7)19)10-4-5-11(17)15-12(10)18;6-4-2-1-3-5(7)8-4;1-2/h1,3-4,15H,2,5-11H2,(H,23,27)(H,24,28,32);3,5-6,15H,2,4,7-10H2,1H3,(H,20,24)(H,21,25,26);1,3-4,10,14H,2,5-9H2,(H,19,23)(H,20,24,25);1-3,10H,4-6,14H2,(H,15,17,18);1-3H2;1H3/i;;;;;1D. The van der Waals surface area contributed by atoms with Gasteiger partial charge in [0.1, 0.15) is 30.0 Å². The third-order valence-corrected chi connectivity index (χ3v) is 19.8. The van der Waals surface area contributed by atoms with Crippen molar-refractivity contribution in [1.82, 2.24) is 45.9 Å². The number of carbonyl (C=O) groups is 22. The minimum atomic E-state index is -1.00. The summed E-state index contributed by atoms with van der Waals surface area (Å²) in [6.45, 7) is 2.80. The maximum Gasteiger partial charge on any atom is 0.333 e. The van der Waals surface area contributed by atoms with E-state index in [-0.39, 0.29) is 193 Å². The van der Waals surface area contributed by atoms with E-state index >= 15 is 0 Å². The van der Waals surface area contributed by atoms with Crippen LogP contribution < -0.4 is 43.0 Å². The topological polar surface area (TPSA) is 530 Å². The molecule has 0 radical (unpaired) electrons. The molecule has 4 atom stereocenters. The summed E-state index contributed by atoms with van der Waals surface area (Å²) in [6, 6.07) is 17.3. The zero-order valence-electron chi connectivity index (χ0n) is 64.3. The van der Waals surface area contributed by atoms with Crippen molar-refractivity contribution < 1.29 is 126 Å². The van der Waals surface area contributed by atoms with Gasteiger partial charge >= 0.3 is 17.9 Å². The summed E-state index contributed by atoms with van der Waals surface area (Å²) in [6.07, 6.45) is 4.89. The predicted molar refractivity (Wildman–Crippen MR) is 399 cm³/mol. The van der Waals surface area contributed by atoms with E-state index in [4.69, 9.17) is 11.9 Å². The zero-order valence-corrected chi connectivity index (χ0v) is 63.3. The summed E-state index contributed by atoms with van der Waals surface area (Å²) in [5.41, 5.74) is 12.3. The van der Waals surface area contributed by atoms with Gasteiger partial charge in [-0.3, -0.25) is 122 Å². The van der Waals surface area contributed by atoms with E-state index in [2.05, 4.69) is 46.7 Å². The Morgan fingerprint density at radius 3 is 1.11 bits per heavy atom. The van der Waals surface area contributed by atoms with Crippen molar-refractivity contribution in [2.45, 2.75) is 192 Å². The van der Waals surface area contributed by atoms with E-state index in [1.807, 2.05) is 0 Å². The number of imide groups is 5. The highest BCUT2D eigenvalue weighted by Gasteiger charge is 2.45. The molecule has 4 aromatic carbocycles. The molecule has 17 amide bonds. The minimum Gasteiger partial charge on any atom is -0.468 e. The predicted octanol–water partition coefficient (Wildman–Crippen LogP) is 2.50. The Kier molecular flexibility index (Phi) is 29.6. The van der Waals surface area contributed by atoms with Crippen molar-refractivity contribution in [2.75, 3.05) is 35.4 Å². The number of nitrogens with one attached hydrogen (secondary N) is 7. The van der Waals surface area contributed by atoms with Gasteiger partial charge in [0.25, 0.3) is 41.9 Å². The normalized spacial score (nSPS) is 19.7. The Morgan fingerprint density at radius 2 is 0.795 bits per heavy atom. The van der Waals surface area contributed by atoms with E-state index in [0.717, 1.165) is 5.56 Å². The first kappa shape index (κ1) is 85.8. The van der Waals surface area contributed by atoms with E-state index in [1.54, 1.807) is 72.8 Å². The lowest BCUT2D eigenvalue weighted by Crippen LogP contribution is -2.52. The molecule has 0 aromatic heterocycles. The van der Waals surface area contributed by atoms with E-state index < -0.39 is 78.6 Å². The van der Waals surface area contributed by atoms with Crippen molar-refractivity contribution in [1.29, 1.82) is 0 Å². The van der Waals surface area contributed by atoms with Gasteiger partial charge < -0.3 is 60.4 Å². The molecule has 14 rings (SSSR count). The molecular formula is C78H84FN13O25. The quantitative estimate of drug-likeness (QED) is 0.0148. The van der Waals surface area contributed by atoms with E-state index in [9.17, 15) is 110 Å². The number of hydrogen-bond acceptors (Lipinski definition) is 26. The second-order valence-electron chi connectivity index (χ2n) is 27.8. The number of carbonyl (C=O) groups excluding carboxylic acids is 22. The van der Waals surface area contributed by atoms with E-state index in [0.29, 0.717) is 125 Å². The van der Waals surface area contributed by atoms with Crippen molar-refractivity contribution in [2.24, 2.45) is 0 Å². The smallest absolute Gasteiger partial charge is 0.333 e. The van der Waals surface area contributed by atoms with Crippen LogP contribution in [0.3, 0.4) is 0 Å². The number of amides is 17. The monoisotopic (exact) mass is 1620 g/mol. The van der Waals surface area contributed by atoms with Crippen molar-refractivity contribution in [3.05, 3.63) is 117 Å². The van der Waals surface area contributed by atoms with Gasteiger partial charge in [-0.1, -0.05) is 24.3 Å². The number of benzene rings is 4. The number of piperidine rings is 4. The molecule has 618 valence electrons. The molecule has 6 fully saturated rings. The van der Waals surface area contributed by atoms with Crippen molar-refractivity contribution >= 4 is 153 Å². The fourth-order valence-corrected chi connectivity index (χ4v) is 14.0.